The van der Waals surface area contributed by atoms with E-state index in [9.17, 15) is 14.4 Å². The molecule has 0 saturated heterocycles. The number of rotatable bonds is 11. The van der Waals surface area contributed by atoms with Crippen LogP contribution in [0.3, 0.4) is 0 Å². The molecule has 0 bridgehead atoms. The number of benzene rings is 3. The number of aryl methyl sites for hydroxylation is 1. The van der Waals surface area contributed by atoms with E-state index in [4.69, 9.17) is 21.3 Å². The lowest BCUT2D eigenvalue weighted by molar-refractivity contribution is -0.121. The molecule has 0 saturated carbocycles. The second-order valence-electron chi connectivity index (χ2n) is 11.5. The molecule has 45 heavy (non-hydrogen) atoms. The largest absolute Gasteiger partial charge is 0.497 e. The van der Waals surface area contributed by atoms with Gasteiger partial charge in [-0.05, 0) is 80.5 Å². The summed E-state index contributed by atoms with van der Waals surface area (Å²) in [6.45, 7) is 6.45. The number of aliphatic imine (C=N–C) groups is 1. The van der Waals surface area contributed by atoms with E-state index in [1.807, 2.05) is 73.1 Å². The summed E-state index contributed by atoms with van der Waals surface area (Å²) in [5.41, 5.74) is 3.77. The zero-order valence-corrected chi connectivity index (χ0v) is 27.6. The fraction of sp³-hybridized carbons (Fsp3) is 0.303. The van der Waals surface area contributed by atoms with Crippen molar-refractivity contribution < 1.29 is 19.1 Å². The van der Waals surface area contributed by atoms with Crippen molar-refractivity contribution in [3.63, 3.8) is 0 Å². The lowest BCUT2D eigenvalue weighted by Gasteiger charge is -2.15. The summed E-state index contributed by atoms with van der Waals surface area (Å²) in [6, 6.07) is 19.8. The molecule has 0 spiro atoms. The highest BCUT2D eigenvalue weighted by Crippen LogP contribution is 2.34. The third-order valence-corrected chi connectivity index (χ3v) is 9.65. The number of amides is 2. The third kappa shape index (κ3) is 7.50. The van der Waals surface area contributed by atoms with Gasteiger partial charge in [-0.1, -0.05) is 35.9 Å². The van der Waals surface area contributed by atoms with Crippen LogP contribution in [-0.4, -0.2) is 65.6 Å². The van der Waals surface area contributed by atoms with E-state index < -0.39 is 14.4 Å². The Kier molecular flexibility index (Phi) is 9.81. The number of ether oxygens (including phenoxy) is 1. The Hall–Kier alpha value is -4.32. The van der Waals surface area contributed by atoms with Crippen molar-refractivity contribution >= 4 is 42.6 Å². The lowest BCUT2D eigenvalue weighted by Crippen LogP contribution is -2.42. The molecule has 12 heteroatoms. The second-order valence-corrected chi connectivity index (χ2v) is 15.6. The minimum absolute atomic E-state index is 0.0813. The van der Waals surface area contributed by atoms with Gasteiger partial charge in [0.05, 0.1) is 24.9 Å². The molecular weight excluding hydrogens is 608 g/mol. The highest BCUT2D eigenvalue weighted by Gasteiger charge is 2.30. The van der Waals surface area contributed by atoms with E-state index in [-0.39, 0.29) is 18.2 Å². The Balaban J connectivity index is 1.24. The maximum atomic E-state index is 13.2. The average molecular weight is 645 g/mol. The standard InChI is InChI=1S/C33H37ClN6O4Si/c1-21-38-39-32-28(20-30(41)35-16-5-6-17-36-33(42)23-8-7-9-26(18-23)45(3,4)43)37-31(22-10-12-24(34)13-11-22)27-19-25(44-2)14-15-29(27)40(21)32/h7-15,18-19,28,43H,5-6,16-17,20H2,1-4H3,(H,35,41)(H,36,42). The first kappa shape index (κ1) is 32.1. The maximum Gasteiger partial charge on any atom is 0.251 e. The van der Waals surface area contributed by atoms with Crippen molar-refractivity contribution in [1.29, 1.82) is 0 Å². The Morgan fingerprint density at radius 1 is 1.00 bits per heavy atom. The van der Waals surface area contributed by atoms with Gasteiger partial charge in [-0.25, -0.2) is 0 Å². The van der Waals surface area contributed by atoms with Gasteiger partial charge in [-0.3, -0.25) is 19.1 Å². The van der Waals surface area contributed by atoms with Crippen LogP contribution in [0.4, 0.5) is 0 Å². The minimum Gasteiger partial charge on any atom is -0.497 e. The first-order valence-corrected chi connectivity index (χ1v) is 18.2. The summed E-state index contributed by atoms with van der Waals surface area (Å²) in [6.07, 6.45) is 1.46. The number of carbonyl (C=O) groups excluding carboxylic acids is 2. The molecule has 1 atom stereocenters. The molecule has 1 aliphatic rings. The molecule has 1 aliphatic heterocycles. The zero-order valence-electron chi connectivity index (χ0n) is 25.8. The lowest BCUT2D eigenvalue weighted by atomic mass is 10.00. The zero-order chi connectivity index (χ0) is 32.1. The molecule has 234 valence electrons. The Labute approximate surface area is 268 Å². The second kappa shape index (κ2) is 13.8. The Morgan fingerprint density at radius 2 is 1.73 bits per heavy atom. The monoisotopic (exact) mass is 644 g/mol. The van der Waals surface area contributed by atoms with Crippen LogP contribution in [0.1, 0.15) is 58.4 Å². The van der Waals surface area contributed by atoms with Gasteiger partial charge in [-0.2, -0.15) is 0 Å². The molecule has 10 nitrogen and oxygen atoms in total. The van der Waals surface area contributed by atoms with Gasteiger partial charge < -0.3 is 20.2 Å². The van der Waals surface area contributed by atoms with E-state index in [2.05, 4.69) is 20.8 Å². The number of hydrogen-bond donors (Lipinski definition) is 3. The van der Waals surface area contributed by atoms with Gasteiger partial charge in [0.25, 0.3) is 5.91 Å². The van der Waals surface area contributed by atoms with Crippen LogP contribution in [0.15, 0.2) is 71.7 Å². The van der Waals surface area contributed by atoms with E-state index >= 15 is 0 Å². The van der Waals surface area contributed by atoms with Crippen molar-refractivity contribution in [2.75, 3.05) is 20.2 Å². The molecule has 2 amide bonds. The average Bonchev–Trinajstić information content (AvgIpc) is 3.35. The highest BCUT2D eigenvalue weighted by atomic mass is 35.5. The van der Waals surface area contributed by atoms with Crippen LogP contribution in [0.2, 0.25) is 18.1 Å². The number of nitrogens with one attached hydrogen (secondary N) is 2. The van der Waals surface area contributed by atoms with Crippen LogP contribution in [0, 0.1) is 6.92 Å². The molecule has 0 aliphatic carbocycles. The number of hydrogen-bond acceptors (Lipinski definition) is 7. The fourth-order valence-electron chi connectivity index (χ4n) is 5.25. The summed E-state index contributed by atoms with van der Waals surface area (Å²) < 4.78 is 7.47. The predicted molar refractivity (Wildman–Crippen MR) is 177 cm³/mol. The van der Waals surface area contributed by atoms with Gasteiger partial charge in [0.1, 0.15) is 17.6 Å². The summed E-state index contributed by atoms with van der Waals surface area (Å²) in [5, 5.41) is 16.1. The van der Waals surface area contributed by atoms with E-state index in [1.54, 1.807) is 25.3 Å². The Bertz CT molecular complexity index is 1730. The van der Waals surface area contributed by atoms with Crippen molar-refractivity contribution in [2.45, 2.75) is 45.3 Å². The topological polar surface area (TPSA) is 131 Å². The number of nitrogens with zero attached hydrogens (tertiary/aromatic N) is 4. The summed E-state index contributed by atoms with van der Waals surface area (Å²) >= 11 is 6.19. The number of fused-ring (bicyclic) bond motifs is 3. The molecular formula is C33H37ClN6O4Si. The van der Waals surface area contributed by atoms with Crippen LogP contribution < -0.4 is 20.6 Å². The summed E-state index contributed by atoms with van der Waals surface area (Å²) in [7, 11) is -0.881. The van der Waals surface area contributed by atoms with E-state index in [0.717, 1.165) is 22.0 Å². The first-order valence-electron chi connectivity index (χ1n) is 14.9. The predicted octanol–water partition coefficient (Wildman–Crippen LogP) is 4.25. The Morgan fingerprint density at radius 3 is 2.44 bits per heavy atom. The van der Waals surface area contributed by atoms with Crippen molar-refractivity contribution in [1.82, 2.24) is 25.4 Å². The number of aromatic nitrogens is 3. The number of methoxy groups -OCH3 is 1. The fourth-order valence-corrected chi connectivity index (χ4v) is 6.39. The van der Waals surface area contributed by atoms with Gasteiger partial charge in [0.15, 0.2) is 5.82 Å². The van der Waals surface area contributed by atoms with Gasteiger partial charge in [0, 0.05) is 34.8 Å². The van der Waals surface area contributed by atoms with E-state index in [1.165, 1.54) is 0 Å². The number of carbonyl (C=O) groups is 2. The van der Waals surface area contributed by atoms with Crippen molar-refractivity contribution in [3.05, 3.63) is 100 Å². The molecule has 4 aromatic rings. The SMILES string of the molecule is COc1ccc2c(c1)C(c1ccc(Cl)cc1)=NC(CC(=O)NCCCCNC(=O)c1cccc([Si](C)(C)O)c1)c1nnc(C)n1-2. The normalized spacial score (nSPS) is 14.1. The van der Waals surface area contributed by atoms with Crippen LogP contribution in [0.25, 0.3) is 5.69 Å². The van der Waals surface area contributed by atoms with Gasteiger partial charge >= 0.3 is 0 Å². The van der Waals surface area contributed by atoms with Crippen molar-refractivity contribution in [3.8, 4) is 11.4 Å². The molecule has 1 unspecified atom stereocenters. The van der Waals surface area contributed by atoms with Crippen LogP contribution in [-0.2, 0) is 4.79 Å². The smallest absolute Gasteiger partial charge is 0.251 e. The maximum absolute atomic E-state index is 13.2. The van der Waals surface area contributed by atoms with E-state index in [0.29, 0.717) is 59.6 Å². The number of halogens is 1. The molecule has 2 heterocycles. The first-order chi connectivity index (χ1) is 21.5. The minimum atomic E-state index is -2.50. The van der Waals surface area contributed by atoms with Crippen molar-refractivity contribution in [2.24, 2.45) is 4.99 Å². The molecule has 3 N–H and O–H groups in total. The molecule has 3 aromatic carbocycles. The van der Waals surface area contributed by atoms with Crippen LogP contribution >= 0.6 is 11.6 Å². The molecule has 1 aromatic heterocycles. The number of unbranched alkanes of at least 4 members (excludes halogenated alkanes) is 1. The summed E-state index contributed by atoms with van der Waals surface area (Å²) in [4.78, 5) is 41.2. The third-order valence-electron chi connectivity index (χ3n) is 7.67. The molecule has 0 fully saturated rings. The van der Waals surface area contributed by atoms with Gasteiger partial charge in [0.2, 0.25) is 14.2 Å². The van der Waals surface area contributed by atoms with Crippen LogP contribution in [0.5, 0.6) is 5.75 Å². The highest BCUT2D eigenvalue weighted by molar-refractivity contribution is 6.83. The molecule has 0 radical (unpaired) electrons. The quantitative estimate of drug-likeness (QED) is 0.165. The summed E-state index contributed by atoms with van der Waals surface area (Å²) in [5.74, 6) is 1.60. The molecule has 5 rings (SSSR count). The van der Waals surface area contributed by atoms with Gasteiger partial charge in [-0.15, -0.1) is 10.2 Å².